The maximum absolute atomic E-state index is 7.22. The van der Waals surface area contributed by atoms with Crippen LogP contribution >= 0.6 is 0 Å². The number of rotatable bonds is 6. The van der Waals surface area contributed by atoms with Crippen molar-refractivity contribution < 1.29 is 4.74 Å². The number of nitrogens with zero attached hydrogens (tertiary/aromatic N) is 1. The van der Waals surface area contributed by atoms with Crippen molar-refractivity contribution in [2.75, 3.05) is 4.90 Å². The molecule has 65 heavy (non-hydrogen) atoms. The summed E-state index contributed by atoms with van der Waals surface area (Å²) in [7, 11) is 0. The van der Waals surface area contributed by atoms with Crippen LogP contribution in [0.3, 0.4) is 0 Å². The SMILES string of the molecule is c1ccc(-c2ccc(N(c3ccc(-c4ccccc4)c(-c4ccccc4)c3)c3ccc4c(c3)-c3ccccc3C43c4ccc5ccccc5c4Oc4c3ccc3ccccc43)cc2)cc1. The predicted octanol–water partition coefficient (Wildman–Crippen LogP) is 16.9. The molecule has 13 rings (SSSR count). The minimum Gasteiger partial charge on any atom is -0.455 e. The van der Waals surface area contributed by atoms with Gasteiger partial charge in [-0.05, 0) is 103 Å². The van der Waals surface area contributed by atoms with Crippen LogP contribution in [0.2, 0.25) is 0 Å². The maximum atomic E-state index is 7.22. The lowest BCUT2D eigenvalue weighted by Gasteiger charge is -2.40. The third kappa shape index (κ3) is 5.74. The monoisotopic (exact) mass is 827 g/mol. The number of hydrogen-bond donors (Lipinski definition) is 0. The summed E-state index contributed by atoms with van der Waals surface area (Å²) in [6.07, 6.45) is 0. The van der Waals surface area contributed by atoms with Crippen molar-refractivity contribution in [1.82, 2.24) is 0 Å². The summed E-state index contributed by atoms with van der Waals surface area (Å²) >= 11 is 0. The van der Waals surface area contributed by atoms with Crippen LogP contribution in [0.15, 0.2) is 249 Å². The molecule has 0 bridgehead atoms. The van der Waals surface area contributed by atoms with Crippen LogP contribution in [0.1, 0.15) is 22.3 Å². The van der Waals surface area contributed by atoms with Gasteiger partial charge in [-0.2, -0.15) is 0 Å². The van der Waals surface area contributed by atoms with Crippen molar-refractivity contribution in [2.24, 2.45) is 0 Å². The Hall–Kier alpha value is -8.46. The fourth-order valence-corrected chi connectivity index (χ4v) is 10.8. The van der Waals surface area contributed by atoms with Gasteiger partial charge in [0, 0.05) is 39.0 Å². The Labute approximate surface area is 378 Å². The van der Waals surface area contributed by atoms with E-state index in [-0.39, 0.29) is 0 Å². The minimum absolute atomic E-state index is 0.624. The van der Waals surface area contributed by atoms with Crippen molar-refractivity contribution in [3.8, 4) is 56.0 Å². The lowest BCUT2D eigenvalue weighted by atomic mass is 9.65. The quantitative estimate of drug-likeness (QED) is 0.166. The van der Waals surface area contributed by atoms with Crippen LogP contribution in [0, 0.1) is 0 Å². The normalized spacial score (nSPS) is 12.9. The molecule has 0 saturated heterocycles. The zero-order chi connectivity index (χ0) is 42.9. The molecular formula is C63H41NO. The van der Waals surface area contributed by atoms with E-state index in [9.17, 15) is 0 Å². The molecule has 0 amide bonds. The summed E-state index contributed by atoms with van der Waals surface area (Å²) in [6, 6.07) is 90.7. The Kier molecular flexibility index (Phi) is 8.47. The molecule has 1 spiro atoms. The van der Waals surface area contributed by atoms with E-state index in [1.165, 1.54) is 55.6 Å². The first-order valence-corrected chi connectivity index (χ1v) is 22.4. The Bertz CT molecular complexity index is 3530. The van der Waals surface area contributed by atoms with Gasteiger partial charge in [0.05, 0.1) is 5.41 Å². The van der Waals surface area contributed by atoms with Crippen molar-refractivity contribution in [2.45, 2.75) is 5.41 Å². The molecule has 1 aliphatic carbocycles. The number of hydrogen-bond acceptors (Lipinski definition) is 2. The second-order valence-electron chi connectivity index (χ2n) is 17.2. The van der Waals surface area contributed by atoms with Crippen LogP contribution < -0.4 is 9.64 Å². The molecule has 0 atom stereocenters. The largest absolute Gasteiger partial charge is 0.455 e. The Balaban J connectivity index is 1.06. The molecule has 0 saturated carbocycles. The topological polar surface area (TPSA) is 12.5 Å². The highest BCUT2D eigenvalue weighted by Gasteiger charge is 2.52. The summed E-state index contributed by atoms with van der Waals surface area (Å²) in [5.74, 6) is 1.84. The molecule has 1 heterocycles. The van der Waals surface area contributed by atoms with E-state index in [1.54, 1.807) is 0 Å². The number of ether oxygens (including phenoxy) is 1. The van der Waals surface area contributed by atoms with Crippen LogP contribution in [0.5, 0.6) is 11.5 Å². The fourth-order valence-electron chi connectivity index (χ4n) is 10.8. The van der Waals surface area contributed by atoms with Gasteiger partial charge >= 0.3 is 0 Å². The molecule has 0 aromatic heterocycles. The highest BCUT2D eigenvalue weighted by Crippen LogP contribution is 2.64. The molecule has 11 aromatic carbocycles. The lowest BCUT2D eigenvalue weighted by Crippen LogP contribution is -2.32. The average molecular weight is 828 g/mol. The average Bonchev–Trinajstić information content (AvgIpc) is 3.67. The Morgan fingerprint density at radius 2 is 0.723 bits per heavy atom. The van der Waals surface area contributed by atoms with Gasteiger partial charge in [0.2, 0.25) is 0 Å². The van der Waals surface area contributed by atoms with Gasteiger partial charge in [0.1, 0.15) is 11.5 Å². The van der Waals surface area contributed by atoms with Crippen LogP contribution in [-0.4, -0.2) is 0 Å². The standard InChI is InChI=1S/C63H41NO/c1-4-16-42(17-5-1)43-28-32-48(33-29-43)64(49-34-36-51(44-18-6-2-7-19-44)55(40-49)45-20-8-3-9-21-45)50-35-39-58-56(41-50)54-26-14-15-27-57(54)63(58)59-37-30-46-22-10-12-24-52(46)61(59)65-62-53-25-13-11-23-47(53)31-38-60(62)63/h1-41H. The molecule has 0 fully saturated rings. The van der Waals surface area contributed by atoms with Crippen molar-refractivity contribution >= 4 is 38.6 Å². The van der Waals surface area contributed by atoms with Crippen molar-refractivity contribution in [3.05, 3.63) is 271 Å². The highest BCUT2D eigenvalue weighted by atomic mass is 16.5. The van der Waals surface area contributed by atoms with Gasteiger partial charge in [0.15, 0.2) is 0 Å². The van der Waals surface area contributed by atoms with Crippen LogP contribution in [0.25, 0.3) is 66.1 Å². The number of benzene rings is 11. The molecule has 11 aromatic rings. The first-order valence-electron chi connectivity index (χ1n) is 22.4. The second kappa shape index (κ2) is 14.8. The van der Waals surface area contributed by atoms with Crippen molar-refractivity contribution in [3.63, 3.8) is 0 Å². The Morgan fingerprint density at radius 3 is 1.35 bits per heavy atom. The van der Waals surface area contributed by atoms with Gasteiger partial charge in [-0.15, -0.1) is 0 Å². The molecular weight excluding hydrogens is 787 g/mol. The van der Waals surface area contributed by atoms with Crippen LogP contribution in [0.4, 0.5) is 17.1 Å². The zero-order valence-corrected chi connectivity index (χ0v) is 35.5. The molecule has 2 aliphatic rings. The summed E-state index contributed by atoms with van der Waals surface area (Å²) in [5, 5.41) is 4.55. The zero-order valence-electron chi connectivity index (χ0n) is 35.5. The van der Waals surface area contributed by atoms with E-state index in [2.05, 4.69) is 254 Å². The van der Waals surface area contributed by atoms with E-state index in [1.807, 2.05) is 0 Å². The van der Waals surface area contributed by atoms with Gasteiger partial charge in [-0.1, -0.05) is 212 Å². The van der Waals surface area contributed by atoms with E-state index >= 15 is 0 Å². The van der Waals surface area contributed by atoms with Gasteiger partial charge in [0.25, 0.3) is 0 Å². The maximum Gasteiger partial charge on any atom is 0.140 e. The predicted molar refractivity (Wildman–Crippen MR) is 270 cm³/mol. The van der Waals surface area contributed by atoms with E-state index in [0.717, 1.165) is 61.2 Å². The van der Waals surface area contributed by atoms with Gasteiger partial charge in [-0.25, -0.2) is 0 Å². The van der Waals surface area contributed by atoms with E-state index in [0.29, 0.717) is 0 Å². The van der Waals surface area contributed by atoms with Crippen molar-refractivity contribution in [1.29, 1.82) is 0 Å². The first-order chi connectivity index (χ1) is 32.2. The number of fused-ring (bicyclic) bond motifs is 13. The minimum atomic E-state index is -0.624. The number of anilines is 3. The Morgan fingerprint density at radius 1 is 0.277 bits per heavy atom. The highest BCUT2D eigenvalue weighted by molar-refractivity contribution is 6.01. The third-order valence-electron chi connectivity index (χ3n) is 13.7. The molecule has 1 aliphatic heterocycles. The lowest BCUT2D eigenvalue weighted by molar-refractivity contribution is 0.447. The third-order valence-corrected chi connectivity index (χ3v) is 13.7. The van der Waals surface area contributed by atoms with E-state index in [4.69, 9.17) is 4.74 Å². The second-order valence-corrected chi connectivity index (χ2v) is 17.2. The summed E-state index contributed by atoms with van der Waals surface area (Å²) in [5.41, 5.74) is 17.0. The summed E-state index contributed by atoms with van der Waals surface area (Å²) in [6.45, 7) is 0. The van der Waals surface area contributed by atoms with Gasteiger partial charge in [-0.3, -0.25) is 0 Å². The fraction of sp³-hybridized carbons (Fsp3) is 0.0159. The van der Waals surface area contributed by atoms with Crippen LogP contribution in [-0.2, 0) is 5.41 Å². The summed E-state index contributed by atoms with van der Waals surface area (Å²) < 4.78 is 7.22. The van der Waals surface area contributed by atoms with E-state index < -0.39 is 5.41 Å². The first kappa shape index (κ1) is 37.1. The molecule has 0 unspecified atom stereocenters. The van der Waals surface area contributed by atoms with Gasteiger partial charge < -0.3 is 9.64 Å². The smallest absolute Gasteiger partial charge is 0.140 e. The summed E-state index contributed by atoms with van der Waals surface area (Å²) in [4.78, 5) is 2.43. The molecule has 0 N–H and O–H groups in total. The molecule has 304 valence electrons. The molecule has 0 radical (unpaired) electrons. The molecule has 2 heteroatoms. The molecule has 2 nitrogen and oxygen atoms in total.